The van der Waals surface area contributed by atoms with Crippen LogP contribution in [0.2, 0.25) is 0 Å². The van der Waals surface area contributed by atoms with E-state index in [9.17, 15) is 13.6 Å². The van der Waals surface area contributed by atoms with Gasteiger partial charge in [0.05, 0.1) is 12.1 Å². The first kappa shape index (κ1) is 19.0. The molecule has 0 aliphatic rings. The van der Waals surface area contributed by atoms with Crippen LogP contribution in [0.3, 0.4) is 0 Å². The summed E-state index contributed by atoms with van der Waals surface area (Å²) < 4.78 is 29.9. The summed E-state index contributed by atoms with van der Waals surface area (Å²) in [6.07, 6.45) is 1.88. The number of carbonyl (C=O) groups is 1. The molecule has 0 fully saturated rings. The Labute approximate surface area is 157 Å². The van der Waals surface area contributed by atoms with Crippen LogP contribution in [0.15, 0.2) is 42.5 Å². The maximum atomic E-state index is 14.2. The SMILES string of the molecule is CCCC(=O)N(Cc1nc2c(F)cccc2n1CCC)c1cccc(F)c1. The second kappa shape index (κ2) is 8.29. The van der Waals surface area contributed by atoms with E-state index in [0.29, 0.717) is 41.9 Å². The van der Waals surface area contributed by atoms with Crippen LogP contribution in [-0.4, -0.2) is 15.5 Å². The molecular formula is C21H23F2N3O. The largest absolute Gasteiger partial charge is 0.326 e. The number of anilines is 1. The van der Waals surface area contributed by atoms with Crippen molar-refractivity contribution >= 4 is 22.6 Å². The summed E-state index contributed by atoms with van der Waals surface area (Å²) in [6.45, 7) is 4.77. The van der Waals surface area contributed by atoms with Crippen LogP contribution in [-0.2, 0) is 17.9 Å². The van der Waals surface area contributed by atoms with Crippen molar-refractivity contribution in [3.05, 3.63) is 59.9 Å². The average Bonchev–Trinajstić information content (AvgIpc) is 2.99. The highest BCUT2D eigenvalue weighted by Gasteiger charge is 2.21. The van der Waals surface area contributed by atoms with E-state index in [1.165, 1.54) is 23.1 Å². The van der Waals surface area contributed by atoms with Gasteiger partial charge in [0, 0.05) is 18.7 Å². The Morgan fingerprint density at radius 3 is 2.59 bits per heavy atom. The normalized spacial score (nSPS) is 11.1. The highest BCUT2D eigenvalue weighted by molar-refractivity contribution is 5.93. The molecule has 27 heavy (non-hydrogen) atoms. The van der Waals surface area contributed by atoms with Gasteiger partial charge in [-0.05, 0) is 43.2 Å². The van der Waals surface area contributed by atoms with E-state index in [4.69, 9.17) is 0 Å². The fourth-order valence-corrected chi connectivity index (χ4v) is 3.21. The quantitative estimate of drug-likeness (QED) is 0.582. The van der Waals surface area contributed by atoms with Gasteiger partial charge in [-0.15, -0.1) is 0 Å². The zero-order valence-corrected chi connectivity index (χ0v) is 15.6. The summed E-state index contributed by atoms with van der Waals surface area (Å²) in [5.41, 5.74) is 1.47. The van der Waals surface area contributed by atoms with E-state index >= 15 is 0 Å². The van der Waals surface area contributed by atoms with Crippen molar-refractivity contribution in [2.75, 3.05) is 4.90 Å². The number of aromatic nitrogens is 2. The Balaban J connectivity index is 2.06. The summed E-state index contributed by atoms with van der Waals surface area (Å²) in [5, 5.41) is 0. The molecule has 0 radical (unpaired) electrons. The first-order chi connectivity index (χ1) is 13.0. The molecule has 0 unspecified atom stereocenters. The summed E-state index contributed by atoms with van der Waals surface area (Å²) >= 11 is 0. The van der Waals surface area contributed by atoms with Crippen LogP contribution in [0.25, 0.3) is 11.0 Å². The van der Waals surface area contributed by atoms with Gasteiger partial charge in [-0.1, -0.05) is 26.0 Å². The van der Waals surface area contributed by atoms with Crippen LogP contribution in [0, 0.1) is 11.6 Å². The molecule has 1 heterocycles. The third-order valence-corrected chi connectivity index (χ3v) is 4.44. The smallest absolute Gasteiger partial charge is 0.227 e. The Bertz CT molecular complexity index is 952. The van der Waals surface area contributed by atoms with Gasteiger partial charge in [0.1, 0.15) is 17.2 Å². The molecule has 6 heteroatoms. The van der Waals surface area contributed by atoms with Crippen molar-refractivity contribution < 1.29 is 13.6 Å². The fraction of sp³-hybridized carbons (Fsp3) is 0.333. The van der Waals surface area contributed by atoms with Crippen molar-refractivity contribution in [3.8, 4) is 0 Å². The van der Waals surface area contributed by atoms with E-state index < -0.39 is 5.82 Å². The molecule has 1 aromatic heterocycles. The van der Waals surface area contributed by atoms with Crippen LogP contribution < -0.4 is 4.90 Å². The standard InChI is InChI=1S/C21H23F2N3O/c1-3-7-20(27)26(16-9-5-8-15(22)13-16)14-19-24-21-17(23)10-6-11-18(21)25(19)12-4-2/h5-6,8-11,13H,3-4,7,12,14H2,1-2H3. The van der Waals surface area contributed by atoms with Gasteiger partial charge in [-0.3, -0.25) is 4.79 Å². The summed E-state index contributed by atoms with van der Waals surface area (Å²) in [5.74, 6) is -0.319. The fourth-order valence-electron chi connectivity index (χ4n) is 3.21. The number of carbonyl (C=O) groups excluding carboxylic acids is 1. The van der Waals surface area contributed by atoms with Gasteiger partial charge >= 0.3 is 0 Å². The minimum absolute atomic E-state index is 0.112. The molecule has 0 bridgehead atoms. The van der Waals surface area contributed by atoms with E-state index in [1.54, 1.807) is 18.2 Å². The number of rotatable bonds is 7. The molecule has 2 aromatic carbocycles. The van der Waals surface area contributed by atoms with Crippen molar-refractivity contribution in [2.24, 2.45) is 0 Å². The van der Waals surface area contributed by atoms with Crippen molar-refractivity contribution in [3.63, 3.8) is 0 Å². The third-order valence-electron chi connectivity index (χ3n) is 4.44. The number of halogens is 2. The van der Waals surface area contributed by atoms with Gasteiger partial charge in [-0.2, -0.15) is 0 Å². The first-order valence-corrected chi connectivity index (χ1v) is 9.24. The van der Waals surface area contributed by atoms with Gasteiger partial charge in [-0.25, -0.2) is 13.8 Å². The molecule has 0 saturated carbocycles. The van der Waals surface area contributed by atoms with Crippen molar-refractivity contribution in [1.82, 2.24) is 9.55 Å². The lowest BCUT2D eigenvalue weighted by atomic mass is 10.2. The van der Waals surface area contributed by atoms with E-state index in [2.05, 4.69) is 4.98 Å². The number of benzene rings is 2. The van der Waals surface area contributed by atoms with Crippen LogP contribution >= 0.6 is 0 Å². The maximum Gasteiger partial charge on any atom is 0.227 e. The van der Waals surface area contributed by atoms with Gasteiger partial charge in [0.25, 0.3) is 0 Å². The van der Waals surface area contributed by atoms with E-state index in [1.807, 2.05) is 24.5 Å². The zero-order valence-electron chi connectivity index (χ0n) is 15.6. The molecule has 0 atom stereocenters. The number of fused-ring (bicyclic) bond motifs is 1. The summed E-state index contributed by atoms with van der Waals surface area (Å²) in [6, 6.07) is 10.8. The van der Waals surface area contributed by atoms with Crippen molar-refractivity contribution in [2.45, 2.75) is 46.2 Å². The predicted molar refractivity (Wildman–Crippen MR) is 102 cm³/mol. The number of hydrogen-bond acceptors (Lipinski definition) is 2. The second-order valence-corrected chi connectivity index (χ2v) is 6.50. The Hall–Kier alpha value is -2.76. The number of hydrogen-bond donors (Lipinski definition) is 0. The molecular weight excluding hydrogens is 348 g/mol. The monoisotopic (exact) mass is 371 g/mol. The Morgan fingerprint density at radius 1 is 1.11 bits per heavy atom. The molecule has 0 aliphatic carbocycles. The van der Waals surface area contributed by atoms with E-state index in [-0.39, 0.29) is 18.3 Å². The molecule has 4 nitrogen and oxygen atoms in total. The highest BCUT2D eigenvalue weighted by atomic mass is 19.1. The Morgan fingerprint density at radius 2 is 1.89 bits per heavy atom. The number of amides is 1. The van der Waals surface area contributed by atoms with Gasteiger partial charge < -0.3 is 9.47 Å². The van der Waals surface area contributed by atoms with Crippen LogP contribution in [0.1, 0.15) is 38.9 Å². The molecule has 3 rings (SSSR count). The average molecular weight is 371 g/mol. The summed E-state index contributed by atoms with van der Waals surface area (Å²) in [4.78, 5) is 18.7. The topological polar surface area (TPSA) is 38.1 Å². The molecule has 0 spiro atoms. The zero-order chi connectivity index (χ0) is 19.4. The molecule has 3 aromatic rings. The molecule has 142 valence electrons. The highest BCUT2D eigenvalue weighted by Crippen LogP contribution is 2.24. The van der Waals surface area contributed by atoms with Crippen molar-refractivity contribution in [1.29, 1.82) is 0 Å². The summed E-state index contributed by atoms with van der Waals surface area (Å²) in [7, 11) is 0. The second-order valence-electron chi connectivity index (χ2n) is 6.50. The Kier molecular flexibility index (Phi) is 5.84. The van der Waals surface area contributed by atoms with Crippen LogP contribution in [0.4, 0.5) is 14.5 Å². The van der Waals surface area contributed by atoms with E-state index in [0.717, 1.165) is 6.42 Å². The third kappa shape index (κ3) is 3.99. The van der Waals surface area contributed by atoms with Crippen LogP contribution in [0.5, 0.6) is 0 Å². The molecule has 0 N–H and O–H groups in total. The maximum absolute atomic E-state index is 14.2. The first-order valence-electron chi connectivity index (χ1n) is 9.24. The lowest BCUT2D eigenvalue weighted by Crippen LogP contribution is -2.31. The molecule has 0 saturated heterocycles. The lowest BCUT2D eigenvalue weighted by Gasteiger charge is -2.23. The minimum atomic E-state index is -0.407. The lowest BCUT2D eigenvalue weighted by molar-refractivity contribution is -0.118. The number of imidazole rings is 1. The van der Waals surface area contributed by atoms with Gasteiger partial charge in [0.2, 0.25) is 5.91 Å². The number of para-hydroxylation sites is 1. The number of aryl methyl sites for hydroxylation is 1. The van der Waals surface area contributed by atoms with Gasteiger partial charge in [0.15, 0.2) is 5.82 Å². The molecule has 0 aliphatic heterocycles. The minimum Gasteiger partial charge on any atom is -0.326 e. The predicted octanol–water partition coefficient (Wildman–Crippen LogP) is 5.06. The number of nitrogens with zero attached hydrogens (tertiary/aromatic N) is 3. The molecule has 1 amide bonds.